The molecule has 0 aliphatic rings. The molecule has 3 rings (SSSR count). The van der Waals surface area contributed by atoms with Crippen LogP contribution in [-0.4, -0.2) is 26.4 Å². The molecule has 0 saturated heterocycles. The molecule has 0 spiro atoms. The first-order chi connectivity index (χ1) is 14.4. The number of carbonyl (C=O) groups excluding carboxylic acids is 1. The van der Waals surface area contributed by atoms with Gasteiger partial charge in [0, 0.05) is 17.1 Å². The summed E-state index contributed by atoms with van der Waals surface area (Å²) in [6, 6.07) is 11.2. The number of aromatic nitrogens is 3. The number of halogens is 3. The summed E-state index contributed by atoms with van der Waals surface area (Å²) in [5, 5.41) is 11.4. The van der Waals surface area contributed by atoms with E-state index in [0.717, 1.165) is 11.8 Å². The Kier molecular flexibility index (Phi) is 7.43. The quantitative estimate of drug-likeness (QED) is 0.433. The number of nitrogens with one attached hydrogen (secondary N) is 1. The number of para-hydroxylation sites is 1. The molecule has 0 aliphatic heterocycles. The van der Waals surface area contributed by atoms with Crippen molar-refractivity contribution in [2.75, 3.05) is 11.1 Å². The van der Waals surface area contributed by atoms with Gasteiger partial charge in [-0.3, -0.25) is 4.79 Å². The molecule has 0 saturated carbocycles. The molecule has 158 valence electrons. The summed E-state index contributed by atoms with van der Waals surface area (Å²) in [6.07, 6.45) is -0.340. The van der Waals surface area contributed by atoms with Crippen LogP contribution >= 0.6 is 27.7 Å². The second kappa shape index (κ2) is 10.0. The number of hydrogen-bond donors (Lipinski definition) is 1. The van der Waals surface area contributed by atoms with E-state index >= 15 is 0 Å². The van der Waals surface area contributed by atoms with Gasteiger partial charge in [0.1, 0.15) is 11.6 Å². The number of nitrogens with zero attached hydrogens (tertiary/aromatic N) is 3. The number of hydrogen-bond acceptors (Lipinski definition) is 5. The van der Waals surface area contributed by atoms with Gasteiger partial charge in [-0.05, 0) is 48.0 Å². The lowest BCUT2D eigenvalue weighted by Gasteiger charge is -2.15. The number of ether oxygens (including phenoxy) is 1. The fourth-order valence-corrected chi connectivity index (χ4v) is 4.04. The van der Waals surface area contributed by atoms with E-state index in [4.69, 9.17) is 4.74 Å². The van der Waals surface area contributed by atoms with Crippen LogP contribution in [0.15, 0.2) is 52.1 Å². The first kappa shape index (κ1) is 22.2. The van der Waals surface area contributed by atoms with Gasteiger partial charge in [0.2, 0.25) is 5.91 Å². The zero-order chi connectivity index (χ0) is 21.7. The lowest BCUT2D eigenvalue weighted by molar-refractivity contribution is -0.113. The van der Waals surface area contributed by atoms with Crippen molar-refractivity contribution < 1.29 is 18.3 Å². The second-order valence-electron chi connectivity index (χ2n) is 6.24. The minimum Gasteiger partial charge on any atom is -0.483 e. The van der Waals surface area contributed by atoms with Crippen molar-refractivity contribution in [2.45, 2.75) is 31.7 Å². The highest BCUT2D eigenvalue weighted by atomic mass is 79.9. The third-order valence-corrected chi connectivity index (χ3v) is 5.68. The molecule has 1 aromatic heterocycles. The number of rotatable bonds is 8. The molecule has 0 radical (unpaired) electrons. The number of amides is 1. The number of anilines is 1. The molecule has 2 aromatic carbocycles. The third-order valence-electron chi connectivity index (χ3n) is 4.09. The van der Waals surface area contributed by atoms with Crippen LogP contribution in [0, 0.1) is 11.6 Å². The lowest BCUT2D eigenvalue weighted by atomic mass is 10.3. The topological polar surface area (TPSA) is 69.0 Å². The van der Waals surface area contributed by atoms with E-state index in [2.05, 4.69) is 31.4 Å². The van der Waals surface area contributed by atoms with E-state index < -0.39 is 17.5 Å². The van der Waals surface area contributed by atoms with Crippen LogP contribution in [0.5, 0.6) is 5.75 Å². The van der Waals surface area contributed by atoms with Crippen LogP contribution in [0.1, 0.15) is 25.8 Å². The molecular formula is C20H19BrF2N4O2S. The molecular weight excluding hydrogens is 478 g/mol. The molecule has 1 atom stereocenters. The minimum absolute atomic E-state index is 0.0185. The van der Waals surface area contributed by atoms with Gasteiger partial charge in [-0.2, -0.15) is 0 Å². The highest BCUT2D eigenvalue weighted by molar-refractivity contribution is 9.10. The van der Waals surface area contributed by atoms with Crippen molar-refractivity contribution in [1.82, 2.24) is 14.8 Å². The first-order valence-corrected chi connectivity index (χ1v) is 10.9. The highest BCUT2D eigenvalue weighted by Crippen LogP contribution is 2.28. The Balaban J connectivity index is 1.65. The molecule has 30 heavy (non-hydrogen) atoms. The zero-order valence-electron chi connectivity index (χ0n) is 16.2. The molecule has 1 unspecified atom stereocenters. The molecule has 6 nitrogen and oxygen atoms in total. The Morgan fingerprint density at radius 3 is 2.67 bits per heavy atom. The summed E-state index contributed by atoms with van der Waals surface area (Å²) >= 11 is 4.22. The Labute approximate surface area is 185 Å². The second-order valence-corrected chi connectivity index (χ2v) is 8.04. The van der Waals surface area contributed by atoms with Gasteiger partial charge >= 0.3 is 0 Å². The van der Waals surface area contributed by atoms with Crippen molar-refractivity contribution in [3.05, 3.63) is 64.4 Å². The third kappa shape index (κ3) is 5.37. The van der Waals surface area contributed by atoms with Crippen LogP contribution in [0.25, 0.3) is 0 Å². The largest absolute Gasteiger partial charge is 0.483 e. The lowest BCUT2D eigenvalue weighted by Crippen LogP contribution is -2.16. The molecule has 3 aromatic rings. The average Bonchev–Trinajstić information content (AvgIpc) is 3.13. The van der Waals surface area contributed by atoms with E-state index in [1.807, 2.05) is 48.7 Å². The predicted octanol–water partition coefficient (Wildman–Crippen LogP) is 5.21. The van der Waals surface area contributed by atoms with Gasteiger partial charge in [-0.1, -0.05) is 30.0 Å². The van der Waals surface area contributed by atoms with Gasteiger partial charge in [-0.25, -0.2) is 8.78 Å². The average molecular weight is 497 g/mol. The minimum atomic E-state index is -0.855. The van der Waals surface area contributed by atoms with Crippen LogP contribution in [0.3, 0.4) is 0 Å². The molecule has 0 bridgehead atoms. The number of thioether (sulfide) groups is 1. The van der Waals surface area contributed by atoms with Crippen LogP contribution in [-0.2, 0) is 11.3 Å². The van der Waals surface area contributed by atoms with Crippen LogP contribution in [0.4, 0.5) is 14.5 Å². The Hall–Kier alpha value is -2.46. The predicted molar refractivity (Wildman–Crippen MR) is 115 cm³/mol. The van der Waals surface area contributed by atoms with Gasteiger partial charge < -0.3 is 14.6 Å². The fourth-order valence-electron chi connectivity index (χ4n) is 2.73. The summed E-state index contributed by atoms with van der Waals surface area (Å²) in [7, 11) is 0. The van der Waals surface area contributed by atoms with Gasteiger partial charge in [0.25, 0.3) is 0 Å². The Morgan fingerprint density at radius 2 is 2.00 bits per heavy atom. The summed E-state index contributed by atoms with van der Waals surface area (Å²) in [6.45, 7) is 4.41. The smallest absolute Gasteiger partial charge is 0.234 e. The highest BCUT2D eigenvalue weighted by Gasteiger charge is 2.20. The normalized spacial score (nSPS) is 11.9. The van der Waals surface area contributed by atoms with Crippen molar-refractivity contribution in [1.29, 1.82) is 0 Å². The number of carbonyl (C=O) groups is 1. The van der Waals surface area contributed by atoms with Crippen molar-refractivity contribution in [3.63, 3.8) is 0 Å². The van der Waals surface area contributed by atoms with Gasteiger partial charge in [0.15, 0.2) is 22.9 Å². The van der Waals surface area contributed by atoms with Crippen molar-refractivity contribution in [3.8, 4) is 5.75 Å². The summed E-state index contributed by atoms with van der Waals surface area (Å²) < 4.78 is 35.0. The van der Waals surface area contributed by atoms with Gasteiger partial charge in [-0.15, -0.1) is 10.2 Å². The van der Waals surface area contributed by atoms with E-state index in [-0.39, 0.29) is 22.0 Å². The maximum Gasteiger partial charge on any atom is 0.234 e. The summed E-state index contributed by atoms with van der Waals surface area (Å²) in [4.78, 5) is 12.3. The molecule has 1 heterocycles. The molecule has 10 heteroatoms. The SMILES string of the molecule is CCn1c(SCC(=O)Nc2c(F)cc(F)cc2Br)nnc1C(C)Oc1ccccc1. The molecule has 0 fully saturated rings. The monoisotopic (exact) mass is 496 g/mol. The standard InChI is InChI=1S/C20H19BrF2N4O2S/c1-3-27-19(12(2)29-14-7-5-4-6-8-14)25-26-20(27)30-11-17(28)24-18-15(21)9-13(22)10-16(18)23/h4-10,12H,3,11H2,1-2H3,(H,24,28). The first-order valence-electron chi connectivity index (χ1n) is 9.11. The fraction of sp³-hybridized carbons (Fsp3) is 0.250. The maximum absolute atomic E-state index is 13.9. The molecule has 1 amide bonds. The van der Waals surface area contributed by atoms with Crippen LogP contribution in [0.2, 0.25) is 0 Å². The van der Waals surface area contributed by atoms with Crippen LogP contribution < -0.4 is 10.1 Å². The van der Waals surface area contributed by atoms with E-state index in [1.165, 1.54) is 11.8 Å². The summed E-state index contributed by atoms with van der Waals surface area (Å²) in [5.74, 6) is -0.706. The zero-order valence-corrected chi connectivity index (χ0v) is 18.6. The van der Waals surface area contributed by atoms with E-state index in [9.17, 15) is 13.6 Å². The van der Waals surface area contributed by atoms with Crippen molar-refractivity contribution in [2.24, 2.45) is 0 Å². The number of benzene rings is 2. The molecule has 1 N–H and O–H groups in total. The van der Waals surface area contributed by atoms with E-state index in [1.54, 1.807) is 0 Å². The van der Waals surface area contributed by atoms with Gasteiger partial charge in [0.05, 0.1) is 11.4 Å². The van der Waals surface area contributed by atoms with Crippen molar-refractivity contribution >= 4 is 39.3 Å². The molecule has 0 aliphatic carbocycles. The summed E-state index contributed by atoms with van der Waals surface area (Å²) in [5.41, 5.74) is -0.107. The van der Waals surface area contributed by atoms with E-state index in [0.29, 0.717) is 23.6 Å². The maximum atomic E-state index is 13.9. The Morgan fingerprint density at radius 1 is 1.27 bits per heavy atom. The Bertz CT molecular complexity index is 1010.